The maximum Gasteiger partial charge on any atom is 0.306 e. The van der Waals surface area contributed by atoms with Crippen molar-refractivity contribution in [3.8, 4) is 0 Å². The molecule has 4 heteroatoms. The first-order valence-electron chi connectivity index (χ1n) is 21.7. The topological polar surface area (TPSA) is 63.6 Å². The Morgan fingerprint density at radius 3 is 1.12 bits per heavy atom. The third-order valence-corrected chi connectivity index (χ3v) is 9.99. The largest absolute Gasteiger partial charge is 0.481 e. The Bertz CT molecular complexity index is 687. The van der Waals surface area contributed by atoms with E-state index in [0.717, 1.165) is 51.4 Å². The van der Waals surface area contributed by atoms with E-state index in [4.69, 9.17) is 9.84 Å². The van der Waals surface area contributed by atoms with E-state index in [1.165, 1.54) is 173 Å². The highest BCUT2D eigenvalue weighted by Gasteiger charge is 2.14. The van der Waals surface area contributed by atoms with E-state index in [2.05, 4.69) is 26.0 Å². The predicted molar refractivity (Wildman–Crippen MR) is 209 cm³/mol. The fourth-order valence-corrected chi connectivity index (χ4v) is 6.77. The number of rotatable bonds is 40. The van der Waals surface area contributed by atoms with Gasteiger partial charge in [0.25, 0.3) is 0 Å². The Balaban J connectivity index is 4.00. The number of esters is 1. The quantitative estimate of drug-likeness (QED) is 0.0398. The molecule has 0 heterocycles. The summed E-state index contributed by atoms with van der Waals surface area (Å²) >= 11 is 0. The molecule has 0 amide bonds. The van der Waals surface area contributed by atoms with Gasteiger partial charge in [-0.05, 0) is 64.2 Å². The van der Waals surface area contributed by atoms with Crippen molar-refractivity contribution in [2.24, 2.45) is 0 Å². The molecule has 0 aliphatic heterocycles. The molecule has 1 atom stereocenters. The summed E-state index contributed by atoms with van der Waals surface area (Å²) in [6, 6.07) is 0. The highest BCUT2D eigenvalue weighted by Crippen LogP contribution is 2.19. The number of hydrogen-bond acceptors (Lipinski definition) is 3. The maximum absolute atomic E-state index is 12.7. The average Bonchev–Trinajstić information content (AvgIpc) is 3.07. The SMILES string of the molecule is CCCCCCCC/C=C\CCCCCCCCCC(=O)OC(CCCCCCCCCCC)CCCCCCCCCCCC(=O)O. The molecule has 284 valence electrons. The standard InChI is InChI=1S/C44H84O4/c1-3-5-7-9-11-13-14-15-16-17-18-19-20-25-29-33-37-41-44(47)48-42(38-34-30-26-22-12-10-8-6-4-2)39-35-31-27-23-21-24-28-32-36-40-43(45)46/h15-16,42H,3-14,17-41H2,1-2H3,(H,45,46)/b16-15-. The molecule has 0 rings (SSSR count). The molecule has 1 unspecified atom stereocenters. The summed E-state index contributed by atoms with van der Waals surface area (Å²) in [7, 11) is 0. The van der Waals surface area contributed by atoms with E-state index < -0.39 is 5.97 Å². The minimum Gasteiger partial charge on any atom is -0.481 e. The van der Waals surface area contributed by atoms with Crippen molar-refractivity contribution in [3.05, 3.63) is 12.2 Å². The van der Waals surface area contributed by atoms with Crippen molar-refractivity contribution in [3.63, 3.8) is 0 Å². The zero-order chi connectivity index (χ0) is 35.0. The molecule has 0 bridgehead atoms. The lowest BCUT2D eigenvalue weighted by molar-refractivity contribution is -0.150. The van der Waals surface area contributed by atoms with Crippen LogP contribution in [-0.2, 0) is 14.3 Å². The van der Waals surface area contributed by atoms with E-state index in [-0.39, 0.29) is 12.1 Å². The van der Waals surface area contributed by atoms with Crippen molar-refractivity contribution < 1.29 is 19.4 Å². The summed E-state index contributed by atoms with van der Waals surface area (Å²) in [5.41, 5.74) is 0. The summed E-state index contributed by atoms with van der Waals surface area (Å²) < 4.78 is 6.06. The monoisotopic (exact) mass is 677 g/mol. The van der Waals surface area contributed by atoms with Crippen molar-refractivity contribution in [2.45, 2.75) is 258 Å². The van der Waals surface area contributed by atoms with Gasteiger partial charge >= 0.3 is 11.9 Å². The van der Waals surface area contributed by atoms with Crippen LogP contribution in [0.15, 0.2) is 12.2 Å². The second-order valence-electron chi connectivity index (χ2n) is 14.9. The van der Waals surface area contributed by atoms with Crippen LogP contribution in [-0.4, -0.2) is 23.1 Å². The van der Waals surface area contributed by atoms with Gasteiger partial charge in [-0.2, -0.15) is 0 Å². The first-order valence-corrected chi connectivity index (χ1v) is 21.7. The zero-order valence-electron chi connectivity index (χ0n) is 32.6. The van der Waals surface area contributed by atoms with Crippen LogP contribution >= 0.6 is 0 Å². The number of ether oxygens (including phenoxy) is 1. The summed E-state index contributed by atoms with van der Waals surface area (Å²) in [4.78, 5) is 23.3. The summed E-state index contributed by atoms with van der Waals surface area (Å²) in [5, 5.41) is 8.74. The fraction of sp³-hybridized carbons (Fsp3) is 0.909. The lowest BCUT2D eigenvalue weighted by Crippen LogP contribution is -2.18. The Hall–Kier alpha value is -1.32. The number of aliphatic carboxylic acids is 1. The van der Waals surface area contributed by atoms with Crippen LogP contribution in [0, 0.1) is 0 Å². The Kier molecular flexibility index (Phi) is 39.0. The molecule has 4 nitrogen and oxygen atoms in total. The van der Waals surface area contributed by atoms with Crippen LogP contribution < -0.4 is 0 Å². The molecule has 0 saturated carbocycles. The number of allylic oxidation sites excluding steroid dienone is 2. The van der Waals surface area contributed by atoms with Gasteiger partial charge in [-0.1, -0.05) is 187 Å². The van der Waals surface area contributed by atoms with Gasteiger partial charge in [0.1, 0.15) is 6.10 Å². The molecule has 0 aliphatic carbocycles. The van der Waals surface area contributed by atoms with Crippen LogP contribution in [0.3, 0.4) is 0 Å². The van der Waals surface area contributed by atoms with E-state index in [1.54, 1.807) is 0 Å². The minimum atomic E-state index is -0.675. The Morgan fingerprint density at radius 2 is 0.750 bits per heavy atom. The smallest absolute Gasteiger partial charge is 0.306 e. The van der Waals surface area contributed by atoms with Crippen LogP contribution in [0.25, 0.3) is 0 Å². The van der Waals surface area contributed by atoms with Gasteiger partial charge in [0, 0.05) is 12.8 Å². The number of unbranched alkanes of at least 4 members (excludes halogenated alkanes) is 29. The number of carboxylic acid groups (broad SMARTS) is 1. The van der Waals surface area contributed by atoms with E-state index in [0.29, 0.717) is 12.8 Å². The molecule has 0 aliphatic rings. The Morgan fingerprint density at radius 1 is 0.438 bits per heavy atom. The van der Waals surface area contributed by atoms with Crippen LogP contribution in [0.1, 0.15) is 251 Å². The molecule has 0 aromatic heterocycles. The maximum atomic E-state index is 12.7. The molecular weight excluding hydrogens is 592 g/mol. The second kappa shape index (κ2) is 40.1. The van der Waals surface area contributed by atoms with Gasteiger partial charge in [0.15, 0.2) is 0 Å². The van der Waals surface area contributed by atoms with Gasteiger partial charge in [0.2, 0.25) is 0 Å². The van der Waals surface area contributed by atoms with E-state index >= 15 is 0 Å². The summed E-state index contributed by atoms with van der Waals surface area (Å²) in [6.45, 7) is 4.56. The fourth-order valence-electron chi connectivity index (χ4n) is 6.77. The first kappa shape index (κ1) is 46.7. The normalized spacial score (nSPS) is 12.2. The zero-order valence-corrected chi connectivity index (χ0v) is 32.6. The van der Waals surface area contributed by atoms with Crippen molar-refractivity contribution in [1.82, 2.24) is 0 Å². The highest BCUT2D eigenvalue weighted by atomic mass is 16.5. The second-order valence-corrected chi connectivity index (χ2v) is 14.9. The van der Waals surface area contributed by atoms with Crippen LogP contribution in [0.5, 0.6) is 0 Å². The number of carbonyl (C=O) groups is 2. The third-order valence-electron chi connectivity index (χ3n) is 9.99. The third kappa shape index (κ3) is 39.1. The molecule has 0 radical (unpaired) electrons. The van der Waals surface area contributed by atoms with Crippen molar-refractivity contribution in [1.29, 1.82) is 0 Å². The van der Waals surface area contributed by atoms with E-state index in [9.17, 15) is 9.59 Å². The van der Waals surface area contributed by atoms with Crippen molar-refractivity contribution in [2.75, 3.05) is 0 Å². The summed E-state index contributed by atoms with van der Waals surface area (Å²) in [6.07, 6.45) is 49.6. The average molecular weight is 677 g/mol. The lowest BCUT2D eigenvalue weighted by Gasteiger charge is -2.18. The number of carboxylic acids is 1. The molecule has 0 saturated heterocycles. The van der Waals surface area contributed by atoms with E-state index in [1.807, 2.05) is 0 Å². The summed E-state index contributed by atoms with van der Waals surface area (Å²) in [5.74, 6) is -0.642. The molecule has 0 spiro atoms. The molecular formula is C44H84O4. The highest BCUT2D eigenvalue weighted by molar-refractivity contribution is 5.69. The molecule has 48 heavy (non-hydrogen) atoms. The Labute approximate surface area is 300 Å². The van der Waals surface area contributed by atoms with Gasteiger partial charge in [-0.25, -0.2) is 0 Å². The predicted octanol–water partition coefficient (Wildman–Crippen LogP) is 15.0. The lowest BCUT2D eigenvalue weighted by atomic mass is 10.0. The molecule has 0 aromatic carbocycles. The number of carbonyl (C=O) groups excluding carboxylic acids is 1. The minimum absolute atomic E-state index is 0.0339. The van der Waals surface area contributed by atoms with Crippen LogP contribution in [0.4, 0.5) is 0 Å². The van der Waals surface area contributed by atoms with Gasteiger partial charge in [-0.3, -0.25) is 9.59 Å². The molecule has 0 aromatic rings. The molecule has 1 N–H and O–H groups in total. The van der Waals surface area contributed by atoms with Crippen molar-refractivity contribution >= 4 is 11.9 Å². The van der Waals surface area contributed by atoms with Gasteiger partial charge in [0.05, 0.1) is 0 Å². The van der Waals surface area contributed by atoms with Crippen LogP contribution in [0.2, 0.25) is 0 Å². The van der Waals surface area contributed by atoms with Gasteiger partial charge in [-0.15, -0.1) is 0 Å². The first-order chi connectivity index (χ1) is 23.6. The van der Waals surface area contributed by atoms with Gasteiger partial charge < -0.3 is 9.84 Å². The number of hydrogen-bond donors (Lipinski definition) is 1. The molecule has 0 fully saturated rings.